The number of rotatable bonds is 6. The second-order valence-electron chi connectivity index (χ2n) is 8.07. The van der Waals surface area contributed by atoms with E-state index < -0.39 is 0 Å². The molecule has 1 aliphatic carbocycles. The van der Waals surface area contributed by atoms with Gasteiger partial charge in [-0.3, -0.25) is 0 Å². The molecule has 0 fully saturated rings. The molecule has 3 N–H and O–H groups in total. The zero-order valence-corrected chi connectivity index (χ0v) is 18.0. The Morgan fingerprint density at radius 3 is 2.61 bits per heavy atom. The van der Waals surface area contributed by atoms with Crippen LogP contribution in [0.25, 0.3) is 22.6 Å². The third-order valence-electron chi connectivity index (χ3n) is 5.96. The highest BCUT2D eigenvalue weighted by molar-refractivity contribution is 5.81. The summed E-state index contributed by atoms with van der Waals surface area (Å²) in [5, 5.41) is 4.51. The highest BCUT2D eigenvalue weighted by atomic mass is 16.3. The maximum atomic E-state index is 6.27. The number of benzene rings is 2. The summed E-state index contributed by atoms with van der Waals surface area (Å²) in [5.74, 6) is 1.16. The lowest BCUT2D eigenvalue weighted by Gasteiger charge is -2.28. The van der Waals surface area contributed by atoms with E-state index in [2.05, 4.69) is 69.6 Å². The number of aromatic nitrogens is 1. The molecule has 0 spiro atoms. The van der Waals surface area contributed by atoms with Crippen LogP contribution < -0.4 is 21.0 Å². The lowest BCUT2D eigenvalue weighted by molar-refractivity contribution is 0.236. The van der Waals surface area contributed by atoms with Gasteiger partial charge in [-0.2, -0.15) is 0 Å². The molecule has 5 heteroatoms. The van der Waals surface area contributed by atoms with Crippen molar-refractivity contribution in [2.75, 3.05) is 25.0 Å². The topological polar surface area (TPSA) is 67.1 Å². The first-order valence-corrected chi connectivity index (χ1v) is 10.2. The van der Waals surface area contributed by atoms with E-state index in [1.165, 1.54) is 5.56 Å². The molecule has 1 aliphatic heterocycles. The van der Waals surface area contributed by atoms with Crippen LogP contribution >= 0.6 is 0 Å². The average Bonchev–Trinajstić information content (AvgIpc) is 2.67. The van der Waals surface area contributed by atoms with Gasteiger partial charge in [0.05, 0.1) is 6.07 Å². The normalized spacial score (nSPS) is 14.4. The minimum absolute atomic E-state index is 0.0587. The summed E-state index contributed by atoms with van der Waals surface area (Å²) < 4.78 is 8.66. The van der Waals surface area contributed by atoms with Crippen molar-refractivity contribution in [2.45, 2.75) is 47.1 Å². The summed E-state index contributed by atoms with van der Waals surface area (Å²) in [6.45, 7) is 15.5. The molecule has 0 saturated carbocycles. The van der Waals surface area contributed by atoms with Crippen molar-refractivity contribution in [1.82, 2.24) is 9.56 Å². The third kappa shape index (κ3) is 3.63. The minimum atomic E-state index is -0.0587. The van der Waals surface area contributed by atoms with Gasteiger partial charge >= 0.3 is 0 Å². The third-order valence-corrected chi connectivity index (χ3v) is 5.96. The number of fused-ring (bicyclic) bond motifs is 2. The Labute approximate surface area is 167 Å². The Morgan fingerprint density at radius 2 is 1.96 bits per heavy atom. The molecule has 2 aliphatic rings. The fraction of sp³-hybridized carbons (Fsp3) is 0.478. The van der Waals surface area contributed by atoms with Gasteiger partial charge in [-0.15, -0.1) is 0 Å². The second kappa shape index (κ2) is 7.92. The van der Waals surface area contributed by atoms with Crippen molar-refractivity contribution >= 4 is 16.8 Å². The Balaban J connectivity index is 2.23. The van der Waals surface area contributed by atoms with Crippen molar-refractivity contribution in [1.29, 1.82) is 0 Å². The molecule has 1 unspecified atom stereocenters. The molecule has 1 aromatic rings. The van der Waals surface area contributed by atoms with Gasteiger partial charge < -0.3 is 15.5 Å². The van der Waals surface area contributed by atoms with Crippen LogP contribution in [0.5, 0.6) is 0 Å². The van der Waals surface area contributed by atoms with E-state index in [0.717, 1.165) is 46.7 Å². The van der Waals surface area contributed by atoms with E-state index in [1.807, 2.05) is 12.1 Å². The van der Waals surface area contributed by atoms with Gasteiger partial charge in [0.15, 0.2) is 16.9 Å². The van der Waals surface area contributed by atoms with Gasteiger partial charge in [0, 0.05) is 50.7 Å². The van der Waals surface area contributed by atoms with Crippen LogP contribution in [0, 0.1) is 12.8 Å². The maximum absolute atomic E-state index is 6.27. The standard InChI is InChI=1S/C23H32N4O/c1-7-25-19-13-22-20(11-15(19)3)26-18-10-9-17(12-21(18)28-22)27(8-2)23(5,6)16(4)14-24/h9-13,16H,7-8,14,24H2,1-6H3/p+1. The van der Waals surface area contributed by atoms with Crippen molar-refractivity contribution in [3.63, 3.8) is 0 Å². The number of hydrogen-bond donors (Lipinski definition) is 2. The summed E-state index contributed by atoms with van der Waals surface area (Å²) in [6, 6.07) is 10.4. The van der Waals surface area contributed by atoms with Gasteiger partial charge in [0.2, 0.25) is 5.36 Å². The monoisotopic (exact) mass is 381 g/mol. The summed E-state index contributed by atoms with van der Waals surface area (Å²) in [7, 11) is 0. The van der Waals surface area contributed by atoms with Crippen molar-refractivity contribution in [3.8, 4) is 11.5 Å². The largest absolute Gasteiger partial charge is 0.452 e. The Morgan fingerprint density at radius 1 is 1.21 bits per heavy atom. The quantitative estimate of drug-likeness (QED) is 0.503. The number of nitrogens with one attached hydrogen (secondary N) is 1. The van der Waals surface area contributed by atoms with E-state index in [9.17, 15) is 0 Å². The summed E-state index contributed by atoms with van der Waals surface area (Å²) >= 11 is 0. The number of hydrogen-bond acceptors (Lipinski definition) is 4. The molecule has 0 bridgehead atoms. The van der Waals surface area contributed by atoms with Crippen molar-refractivity contribution in [2.24, 2.45) is 11.7 Å². The highest BCUT2D eigenvalue weighted by Crippen LogP contribution is 2.28. The molecule has 3 rings (SSSR count). The molecule has 1 aromatic carbocycles. The second-order valence-corrected chi connectivity index (χ2v) is 8.07. The van der Waals surface area contributed by atoms with Crippen molar-refractivity contribution < 1.29 is 4.42 Å². The van der Waals surface area contributed by atoms with Crippen LogP contribution in [0.4, 0.5) is 5.69 Å². The molecule has 0 amide bonds. The molecule has 0 aromatic heterocycles. The lowest BCUT2D eigenvalue weighted by atomic mass is 9.88. The van der Waals surface area contributed by atoms with Gasteiger partial charge in [-0.25, -0.2) is 9.56 Å². The van der Waals surface area contributed by atoms with Crippen LogP contribution in [0.1, 0.15) is 40.2 Å². The van der Waals surface area contributed by atoms with E-state index in [1.54, 1.807) is 0 Å². The van der Waals surface area contributed by atoms with E-state index in [0.29, 0.717) is 12.5 Å². The van der Waals surface area contributed by atoms with Crippen molar-refractivity contribution in [3.05, 3.63) is 41.3 Å². The minimum Gasteiger partial charge on any atom is -0.452 e. The molecule has 0 radical (unpaired) electrons. The van der Waals surface area contributed by atoms with E-state index >= 15 is 0 Å². The van der Waals surface area contributed by atoms with Gasteiger partial charge in [0.1, 0.15) is 17.8 Å². The first kappa shape index (κ1) is 20.3. The fourth-order valence-corrected chi connectivity index (χ4v) is 3.79. The molecule has 1 heterocycles. The SMILES string of the molecule is CCNc1cc2oc3cc(=[N+](CC)C(C)(C)C(C)CN)ccc-3nc2cc1C. The molecular weight excluding hydrogens is 348 g/mol. The van der Waals surface area contributed by atoms with E-state index in [-0.39, 0.29) is 5.54 Å². The van der Waals surface area contributed by atoms with E-state index in [4.69, 9.17) is 15.1 Å². The number of nitrogens with zero attached hydrogens (tertiary/aromatic N) is 2. The zero-order valence-electron chi connectivity index (χ0n) is 18.0. The van der Waals surface area contributed by atoms with Gasteiger partial charge in [-0.05, 0) is 38.5 Å². The van der Waals surface area contributed by atoms with Crippen LogP contribution in [-0.4, -0.2) is 30.2 Å². The van der Waals surface area contributed by atoms with Crippen LogP contribution in [0.2, 0.25) is 0 Å². The Kier molecular flexibility index (Phi) is 5.75. The summed E-state index contributed by atoms with van der Waals surface area (Å²) in [4.78, 5) is 4.82. The van der Waals surface area contributed by atoms with Gasteiger partial charge in [-0.1, -0.05) is 6.92 Å². The molecule has 5 nitrogen and oxygen atoms in total. The Bertz CT molecular complexity index is 1020. The lowest BCUT2D eigenvalue weighted by Crippen LogP contribution is -2.52. The molecular formula is C23H33N4O+. The number of nitrogens with two attached hydrogens (primary N) is 1. The first-order valence-electron chi connectivity index (χ1n) is 10.2. The zero-order chi connectivity index (χ0) is 20.5. The van der Waals surface area contributed by atoms with Crippen LogP contribution in [0.3, 0.4) is 0 Å². The fourth-order valence-electron chi connectivity index (χ4n) is 3.79. The first-order chi connectivity index (χ1) is 13.3. The molecule has 150 valence electrons. The summed E-state index contributed by atoms with van der Waals surface area (Å²) in [5.41, 5.74) is 10.7. The van der Waals surface area contributed by atoms with Gasteiger partial charge in [0.25, 0.3) is 0 Å². The predicted octanol–water partition coefficient (Wildman–Crippen LogP) is 3.84. The van der Waals surface area contributed by atoms with Crippen LogP contribution in [0.15, 0.2) is 34.7 Å². The smallest absolute Gasteiger partial charge is 0.204 e. The van der Waals surface area contributed by atoms with Crippen LogP contribution in [-0.2, 0) is 0 Å². The highest BCUT2D eigenvalue weighted by Gasteiger charge is 2.35. The maximum Gasteiger partial charge on any atom is 0.204 e. The molecule has 0 saturated heterocycles. The number of anilines is 1. The Hall–Kier alpha value is -2.40. The average molecular weight is 382 g/mol. The molecule has 28 heavy (non-hydrogen) atoms. The predicted molar refractivity (Wildman–Crippen MR) is 118 cm³/mol. The number of aryl methyl sites for hydroxylation is 1. The molecule has 1 atom stereocenters. The summed E-state index contributed by atoms with van der Waals surface area (Å²) in [6.07, 6.45) is 0.